The number of pyridine rings is 2. The van der Waals surface area contributed by atoms with Crippen LogP contribution < -0.4 is 62.4 Å². The highest BCUT2D eigenvalue weighted by Crippen LogP contribution is 2.32. The number of hydrogen-bond acceptors (Lipinski definition) is 4. The van der Waals surface area contributed by atoms with E-state index in [1.165, 1.54) is 44.1 Å². The molecule has 2 heterocycles. The Morgan fingerprint density at radius 1 is 0.429 bits per heavy atom. The Hall–Kier alpha value is -5.70. The van der Waals surface area contributed by atoms with Crippen LogP contribution >= 0.6 is 0 Å². The third kappa shape index (κ3) is 8.27. The molecule has 0 saturated heterocycles. The lowest BCUT2D eigenvalue weighted by Gasteiger charge is -2.21. The van der Waals surface area contributed by atoms with Gasteiger partial charge in [0.1, 0.15) is 11.5 Å². The van der Waals surface area contributed by atoms with Gasteiger partial charge in [-0.3, -0.25) is 0 Å². The summed E-state index contributed by atoms with van der Waals surface area (Å²) in [6.07, 6.45) is 4.39. The van der Waals surface area contributed by atoms with E-state index >= 15 is 0 Å². The Balaban J connectivity index is 0.00000266. The van der Waals surface area contributed by atoms with E-state index in [9.17, 15) is 0 Å². The topological polar surface area (TPSA) is 32.7 Å². The second-order valence-electron chi connectivity index (χ2n) is 13.6. The van der Waals surface area contributed by atoms with Crippen LogP contribution in [-0.4, -0.2) is 28.3 Å². The van der Waals surface area contributed by atoms with Crippen molar-refractivity contribution in [1.29, 1.82) is 0 Å². The van der Waals surface area contributed by atoms with E-state index in [4.69, 9.17) is 9.47 Å². The van der Waals surface area contributed by atoms with Crippen molar-refractivity contribution in [2.45, 2.75) is 13.1 Å². The molecular weight excluding hydrogens is 824 g/mol. The molecule has 282 valence electrons. The first-order chi connectivity index (χ1) is 26.5. The number of hydrogen-bond donors (Lipinski definition) is 0. The summed E-state index contributed by atoms with van der Waals surface area (Å²) in [7, 11) is 7.61. The number of fused-ring (bicyclic) bond motifs is 2. The van der Waals surface area contributed by atoms with E-state index in [1.54, 1.807) is 14.2 Å². The van der Waals surface area contributed by atoms with E-state index in [0.717, 1.165) is 47.3 Å². The minimum Gasteiger partial charge on any atom is -1.00 e. The van der Waals surface area contributed by atoms with Crippen molar-refractivity contribution >= 4 is 44.6 Å². The van der Waals surface area contributed by atoms with Gasteiger partial charge in [-0.2, -0.15) is 9.13 Å². The molecule has 0 amide bonds. The molecule has 8 heteroatoms. The van der Waals surface area contributed by atoms with Crippen molar-refractivity contribution in [3.63, 3.8) is 0 Å². The molecule has 2 aromatic heterocycles. The quantitative estimate of drug-likeness (QED) is 0.185. The number of nitrogens with zero attached hydrogens (tertiary/aromatic N) is 4. The first-order valence-electron chi connectivity index (χ1n) is 18.3. The summed E-state index contributed by atoms with van der Waals surface area (Å²) >= 11 is 0. The fourth-order valence-corrected chi connectivity index (χ4v) is 7.29. The highest BCUT2D eigenvalue weighted by molar-refractivity contribution is 5.92. The first kappa shape index (κ1) is 40.0. The van der Waals surface area contributed by atoms with Gasteiger partial charge in [0.05, 0.1) is 36.4 Å². The summed E-state index contributed by atoms with van der Waals surface area (Å²) in [6.45, 7) is 1.57. The molecule has 0 aliphatic carbocycles. The summed E-state index contributed by atoms with van der Waals surface area (Å²) in [5, 5.41) is 2.41. The summed E-state index contributed by atoms with van der Waals surface area (Å²) < 4.78 is 15.4. The van der Waals surface area contributed by atoms with E-state index in [-0.39, 0.29) is 34.0 Å². The Kier molecular flexibility index (Phi) is 12.7. The number of anilines is 4. The van der Waals surface area contributed by atoms with Gasteiger partial charge in [0.15, 0.2) is 25.5 Å². The highest BCUT2D eigenvalue weighted by atomic mass is 79.9. The van der Waals surface area contributed by atoms with Crippen LogP contribution in [0.4, 0.5) is 22.7 Å². The summed E-state index contributed by atoms with van der Waals surface area (Å²) in [6, 6.07) is 56.0. The number of aromatic nitrogens is 2. The largest absolute Gasteiger partial charge is 1.00 e. The second kappa shape index (κ2) is 17.8. The maximum absolute atomic E-state index is 5.36. The van der Waals surface area contributed by atoms with Gasteiger partial charge in [-0.25, -0.2) is 0 Å². The smallest absolute Gasteiger partial charge is 0.214 e. The standard InChI is InChI=1S/C48H44N4O2.2BrH/c1-49(39-21-25-41(53-3)26-22-39)45-29-31-51(47-11-7-5-9-43(45)47)33-35-13-17-37(18-14-35)38-19-15-36(16-20-38)34-52-32-30-46(44-10-6-8-12-48(44)52)50(2)40-23-27-42(54-4)28-24-40;;/h5-32H,33-34H2,1-4H3;2*1H/q+2;;/p-2. The Morgan fingerprint density at radius 2 is 0.786 bits per heavy atom. The van der Waals surface area contributed by atoms with Crippen LogP contribution in [-0.2, 0) is 13.1 Å². The Morgan fingerprint density at radius 3 is 1.14 bits per heavy atom. The van der Waals surface area contributed by atoms with Gasteiger partial charge >= 0.3 is 0 Å². The minimum atomic E-state index is 0. The van der Waals surface area contributed by atoms with Crippen LogP contribution in [0.2, 0.25) is 0 Å². The molecule has 0 aliphatic rings. The predicted octanol–water partition coefficient (Wildman–Crippen LogP) is 3.89. The second-order valence-corrected chi connectivity index (χ2v) is 13.6. The van der Waals surface area contributed by atoms with Crippen molar-refractivity contribution in [3.05, 3.63) is 181 Å². The minimum absolute atomic E-state index is 0. The van der Waals surface area contributed by atoms with Crippen molar-refractivity contribution in [3.8, 4) is 22.6 Å². The van der Waals surface area contributed by atoms with Gasteiger partial charge in [0, 0.05) is 60.9 Å². The zero-order valence-electron chi connectivity index (χ0n) is 31.9. The van der Waals surface area contributed by atoms with Crippen LogP contribution in [0.5, 0.6) is 11.5 Å². The number of benzene rings is 6. The predicted molar refractivity (Wildman–Crippen MR) is 220 cm³/mol. The normalized spacial score (nSPS) is 10.7. The van der Waals surface area contributed by atoms with Crippen LogP contribution in [0.1, 0.15) is 11.1 Å². The van der Waals surface area contributed by atoms with Gasteiger partial charge in [-0.05, 0) is 71.8 Å². The SMILES string of the molecule is COc1ccc(N(C)c2cc[n+](Cc3ccc(-c4ccc(C[n+]5ccc(N(C)c6ccc(OC)cc6)c6ccccc65)cc4)cc3)c3ccccc23)cc1.[Br-].[Br-]. The molecule has 0 spiro atoms. The zero-order chi connectivity index (χ0) is 37.0. The molecular formula is C48H44Br2N4O2. The summed E-state index contributed by atoms with van der Waals surface area (Å²) in [5.74, 6) is 1.71. The number of rotatable bonds is 11. The van der Waals surface area contributed by atoms with Crippen LogP contribution in [0.3, 0.4) is 0 Å². The molecule has 56 heavy (non-hydrogen) atoms. The summed E-state index contributed by atoms with van der Waals surface area (Å²) in [4.78, 5) is 4.46. The van der Waals surface area contributed by atoms with E-state index in [0.29, 0.717) is 0 Å². The van der Waals surface area contributed by atoms with Crippen molar-refractivity contribution < 1.29 is 52.6 Å². The molecule has 6 nitrogen and oxygen atoms in total. The van der Waals surface area contributed by atoms with Gasteiger partial charge in [0.25, 0.3) is 0 Å². The monoisotopic (exact) mass is 866 g/mol. The lowest BCUT2D eigenvalue weighted by molar-refractivity contribution is -0.662. The molecule has 0 N–H and O–H groups in total. The lowest BCUT2D eigenvalue weighted by atomic mass is 10.0. The fraction of sp³-hybridized carbons (Fsp3) is 0.125. The number of ether oxygens (including phenoxy) is 2. The van der Waals surface area contributed by atoms with Gasteiger partial charge in [-0.1, -0.05) is 72.8 Å². The highest BCUT2D eigenvalue weighted by Gasteiger charge is 2.18. The third-order valence-electron chi connectivity index (χ3n) is 10.4. The first-order valence-corrected chi connectivity index (χ1v) is 18.3. The van der Waals surface area contributed by atoms with Crippen LogP contribution in [0.15, 0.2) is 170 Å². The molecule has 6 aromatic carbocycles. The molecule has 8 aromatic rings. The molecule has 0 atom stereocenters. The maximum Gasteiger partial charge on any atom is 0.214 e. The number of para-hydroxylation sites is 2. The summed E-state index contributed by atoms with van der Waals surface area (Å²) in [5.41, 5.74) is 11.9. The van der Waals surface area contributed by atoms with E-state index < -0.39 is 0 Å². The van der Waals surface area contributed by atoms with Gasteiger partial charge in [0.2, 0.25) is 11.0 Å². The molecule has 0 fully saturated rings. The Labute approximate surface area is 350 Å². The lowest BCUT2D eigenvalue weighted by Crippen LogP contribution is -3.00. The van der Waals surface area contributed by atoms with E-state index in [1.807, 2.05) is 24.3 Å². The average molecular weight is 869 g/mol. The van der Waals surface area contributed by atoms with Crippen LogP contribution in [0.25, 0.3) is 32.9 Å². The van der Waals surface area contributed by atoms with Gasteiger partial charge < -0.3 is 53.2 Å². The molecule has 0 aliphatic heterocycles. The molecule has 0 bridgehead atoms. The molecule has 0 saturated carbocycles. The van der Waals surface area contributed by atoms with Crippen molar-refractivity contribution in [2.75, 3.05) is 38.1 Å². The van der Waals surface area contributed by atoms with Crippen molar-refractivity contribution in [1.82, 2.24) is 0 Å². The molecule has 0 radical (unpaired) electrons. The fourth-order valence-electron chi connectivity index (χ4n) is 7.29. The van der Waals surface area contributed by atoms with E-state index in [2.05, 4.69) is 179 Å². The zero-order valence-corrected chi connectivity index (χ0v) is 35.1. The van der Waals surface area contributed by atoms with Gasteiger partial charge in [-0.15, -0.1) is 0 Å². The maximum atomic E-state index is 5.36. The van der Waals surface area contributed by atoms with Crippen molar-refractivity contribution in [2.24, 2.45) is 0 Å². The average Bonchev–Trinajstić information content (AvgIpc) is 3.24. The third-order valence-corrected chi connectivity index (χ3v) is 10.4. The molecule has 8 rings (SSSR count). The number of halogens is 2. The Bertz CT molecular complexity index is 2360. The van der Waals surface area contributed by atoms with Crippen LogP contribution in [0, 0.1) is 0 Å². The molecule has 0 unspecified atom stereocenters. The number of methoxy groups -OCH3 is 2.